The number of hydrogen-bond acceptors (Lipinski definition) is 5. The van der Waals surface area contributed by atoms with Gasteiger partial charge in [-0.15, -0.1) is 11.8 Å². The van der Waals surface area contributed by atoms with Crippen molar-refractivity contribution in [3.8, 4) is 11.1 Å². The van der Waals surface area contributed by atoms with Gasteiger partial charge in [0.2, 0.25) is 5.91 Å². The number of carboxylic acid groups (broad SMARTS) is 1. The first-order valence-corrected chi connectivity index (χ1v) is 12.3. The van der Waals surface area contributed by atoms with Crippen molar-refractivity contribution in [2.24, 2.45) is 5.92 Å². The van der Waals surface area contributed by atoms with E-state index in [0.717, 1.165) is 22.3 Å². The Labute approximate surface area is 198 Å². The summed E-state index contributed by atoms with van der Waals surface area (Å²) in [6.45, 7) is 4.36. The Morgan fingerprint density at radius 3 is 2.24 bits per heavy atom. The number of carbonyl (C=O) groups is 3. The molecular weight excluding hydrogens is 440 g/mol. The fourth-order valence-electron chi connectivity index (χ4n) is 3.98. The Bertz CT molecular complexity index is 951. The molecule has 8 heteroatoms. The van der Waals surface area contributed by atoms with E-state index in [1.807, 2.05) is 38.1 Å². The third-order valence-electron chi connectivity index (χ3n) is 5.88. The van der Waals surface area contributed by atoms with E-state index in [4.69, 9.17) is 9.84 Å². The summed E-state index contributed by atoms with van der Waals surface area (Å²) in [6.07, 6.45) is 0.0766. The number of hydrogen-bond donors (Lipinski definition) is 3. The molecule has 1 aliphatic rings. The van der Waals surface area contributed by atoms with Crippen LogP contribution in [0.2, 0.25) is 0 Å². The number of carbonyl (C=O) groups excluding carboxylic acids is 2. The molecule has 0 heterocycles. The van der Waals surface area contributed by atoms with Gasteiger partial charge in [0, 0.05) is 18.2 Å². The van der Waals surface area contributed by atoms with Gasteiger partial charge in [-0.05, 0) is 28.2 Å². The van der Waals surface area contributed by atoms with Crippen molar-refractivity contribution in [1.29, 1.82) is 0 Å². The Kier molecular flexibility index (Phi) is 8.77. The van der Waals surface area contributed by atoms with Crippen LogP contribution in [0.25, 0.3) is 11.1 Å². The molecule has 2 unspecified atom stereocenters. The smallest absolute Gasteiger partial charge is 0.407 e. The van der Waals surface area contributed by atoms with Gasteiger partial charge in [0.05, 0.1) is 5.75 Å². The first kappa shape index (κ1) is 24.6. The zero-order chi connectivity index (χ0) is 23.8. The third kappa shape index (κ3) is 6.28. The molecule has 2 amide bonds. The predicted octanol–water partition coefficient (Wildman–Crippen LogP) is 3.87. The Morgan fingerprint density at radius 1 is 1.06 bits per heavy atom. The lowest BCUT2D eigenvalue weighted by atomic mass is 9.98. The molecular formula is C25H30N2O5S. The molecule has 2 aromatic rings. The molecule has 0 radical (unpaired) electrons. The number of benzene rings is 2. The average molecular weight is 471 g/mol. The molecule has 7 nitrogen and oxygen atoms in total. The summed E-state index contributed by atoms with van der Waals surface area (Å²) in [5.41, 5.74) is 4.56. The highest BCUT2D eigenvalue weighted by Gasteiger charge is 2.30. The predicted molar refractivity (Wildman–Crippen MR) is 129 cm³/mol. The topological polar surface area (TPSA) is 105 Å². The van der Waals surface area contributed by atoms with E-state index in [9.17, 15) is 14.4 Å². The van der Waals surface area contributed by atoms with Gasteiger partial charge in [0.25, 0.3) is 0 Å². The van der Waals surface area contributed by atoms with Crippen LogP contribution in [0.1, 0.15) is 37.3 Å². The highest BCUT2D eigenvalue weighted by Crippen LogP contribution is 2.44. The number of aliphatic carboxylic acids is 1. The summed E-state index contributed by atoms with van der Waals surface area (Å²) in [5, 5.41) is 14.2. The van der Waals surface area contributed by atoms with E-state index in [0.29, 0.717) is 18.7 Å². The van der Waals surface area contributed by atoms with Gasteiger partial charge in [0.15, 0.2) is 0 Å². The van der Waals surface area contributed by atoms with Gasteiger partial charge >= 0.3 is 12.1 Å². The first-order chi connectivity index (χ1) is 15.9. The zero-order valence-electron chi connectivity index (χ0n) is 18.9. The van der Waals surface area contributed by atoms with Crippen LogP contribution in [-0.4, -0.2) is 53.8 Å². The largest absolute Gasteiger partial charge is 0.481 e. The second-order valence-electron chi connectivity index (χ2n) is 8.07. The molecule has 176 valence electrons. The molecule has 0 aliphatic heterocycles. The monoisotopic (exact) mass is 470 g/mol. The summed E-state index contributed by atoms with van der Waals surface area (Å²) >= 11 is 1.23. The maximum atomic E-state index is 12.7. The van der Waals surface area contributed by atoms with E-state index < -0.39 is 18.1 Å². The van der Waals surface area contributed by atoms with Crippen molar-refractivity contribution >= 4 is 29.7 Å². The summed E-state index contributed by atoms with van der Waals surface area (Å²) in [7, 11) is 0. The van der Waals surface area contributed by atoms with E-state index in [1.165, 1.54) is 11.8 Å². The molecule has 33 heavy (non-hydrogen) atoms. The van der Waals surface area contributed by atoms with E-state index in [2.05, 4.69) is 34.9 Å². The molecule has 0 bridgehead atoms. The van der Waals surface area contributed by atoms with E-state index >= 15 is 0 Å². The van der Waals surface area contributed by atoms with E-state index in [1.54, 1.807) is 0 Å². The molecule has 0 aromatic heterocycles. The number of nitrogens with one attached hydrogen (secondary N) is 2. The Hall–Kier alpha value is -3.00. The molecule has 0 saturated heterocycles. The van der Waals surface area contributed by atoms with Crippen molar-refractivity contribution in [2.45, 2.75) is 32.2 Å². The molecule has 0 saturated carbocycles. The van der Waals surface area contributed by atoms with Crippen LogP contribution in [-0.2, 0) is 14.3 Å². The maximum absolute atomic E-state index is 12.7. The zero-order valence-corrected chi connectivity index (χ0v) is 19.7. The lowest BCUT2D eigenvalue weighted by Gasteiger charge is -2.24. The van der Waals surface area contributed by atoms with Crippen LogP contribution in [0.15, 0.2) is 48.5 Å². The second-order valence-corrected chi connectivity index (χ2v) is 9.18. The van der Waals surface area contributed by atoms with Gasteiger partial charge in [-0.1, -0.05) is 68.8 Å². The third-order valence-corrected chi connectivity index (χ3v) is 6.83. The second kappa shape index (κ2) is 11.7. The number of fused-ring (bicyclic) bond motifs is 3. The minimum atomic E-state index is -0.888. The van der Waals surface area contributed by atoms with Crippen molar-refractivity contribution in [2.75, 3.05) is 24.7 Å². The molecule has 3 rings (SSSR count). The van der Waals surface area contributed by atoms with Gasteiger partial charge in [0.1, 0.15) is 12.6 Å². The standard InChI is InChI=1S/C25H30N2O5S/c1-3-16(2)23(24(30)26-12-13-33-15-22(28)29)27-25(31)32-14-21-19-10-6-4-8-17(19)18-9-5-7-11-20(18)21/h4-11,16,21,23H,3,12-15H2,1-2H3,(H,26,30)(H,27,31)(H,28,29). The summed E-state index contributed by atoms with van der Waals surface area (Å²) in [5.74, 6) is -0.851. The van der Waals surface area contributed by atoms with E-state index in [-0.39, 0.29) is 30.1 Å². The number of thioether (sulfide) groups is 1. The minimum absolute atomic E-state index is 0.0112. The maximum Gasteiger partial charge on any atom is 0.407 e. The van der Waals surface area contributed by atoms with Crippen LogP contribution in [0.3, 0.4) is 0 Å². The quantitative estimate of drug-likeness (QED) is 0.431. The lowest BCUT2D eigenvalue weighted by Crippen LogP contribution is -2.50. The first-order valence-electron chi connectivity index (χ1n) is 11.1. The van der Waals surface area contributed by atoms with Crippen LogP contribution in [0.4, 0.5) is 4.79 Å². The number of rotatable bonds is 11. The minimum Gasteiger partial charge on any atom is -0.481 e. The number of alkyl carbamates (subject to hydrolysis) is 1. The molecule has 0 spiro atoms. The number of ether oxygens (including phenoxy) is 1. The fourth-order valence-corrected chi connectivity index (χ4v) is 4.55. The molecule has 2 aromatic carbocycles. The van der Waals surface area contributed by atoms with Crippen molar-refractivity contribution in [3.05, 3.63) is 59.7 Å². The molecule has 1 aliphatic carbocycles. The van der Waals surface area contributed by atoms with Gasteiger partial charge in [-0.25, -0.2) is 4.79 Å². The van der Waals surface area contributed by atoms with Crippen molar-refractivity contribution in [3.63, 3.8) is 0 Å². The van der Waals surface area contributed by atoms with Gasteiger partial charge < -0.3 is 20.5 Å². The summed E-state index contributed by atoms with van der Waals surface area (Å²) in [4.78, 5) is 35.9. The summed E-state index contributed by atoms with van der Waals surface area (Å²) in [6, 6.07) is 15.5. The molecule has 2 atom stereocenters. The molecule has 3 N–H and O–H groups in total. The fraction of sp³-hybridized carbons (Fsp3) is 0.400. The summed E-state index contributed by atoms with van der Waals surface area (Å²) < 4.78 is 5.58. The Balaban J connectivity index is 1.57. The van der Waals surface area contributed by atoms with Crippen LogP contribution in [0.5, 0.6) is 0 Å². The normalized spacial score (nSPS) is 14.0. The van der Waals surface area contributed by atoms with Crippen molar-refractivity contribution < 1.29 is 24.2 Å². The van der Waals surface area contributed by atoms with Crippen LogP contribution >= 0.6 is 11.8 Å². The number of amides is 2. The van der Waals surface area contributed by atoms with Crippen molar-refractivity contribution in [1.82, 2.24) is 10.6 Å². The highest BCUT2D eigenvalue weighted by molar-refractivity contribution is 7.99. The SMILES string of the molecule is CCC(C)C(NC(=O)OCC1c2ccccc2-c2ccccc21)C(=O)NCCSCC(=O)O. The molecule has 0 fully saturated rings. The average Bonchev–Trinajstić information content (AvgIpc) is 3.14. The van der Waals surface area contributed by atoms with Crippen LogP contribution < -0.4 is 10.6 Å². The van der Waals surface area contributed by atoms with Gasteiger partial charge in [-0.2, -0.15) is 0 Å². The van der Waals surface area contributed by atoms with Crippen LogP contribution in [0, 0.1) is 5.92 Å². The lowest BCUT2D eigenvalue weighted by molar-refractivity contribution is -0.133. The number of carboxylic acids is 1. The highest BCUT2D eigenvalue weighted by atomic mass is 32.2. The Morgan fingerprint density at radius 2 is 1.67 bits per heavy atom. The van der Waals surface area contributed by atoms with Gasteiger partial charge in [-0.3, -0.25) is 9.59 Å².